The first-order valence-corrected chi connectivity index (χ1v) is 6.83. The molecule has 0 aliphatic carbocycles. The monoisotopic (exact) mass is 267 g/mol. The van der Waals surface area contributed by atoms with E-state index >= 15 is 0 Å². The normalized spacial score (nSPS) is 22.4. The van der Waals surface area contributed by atoms with E-state index in [0.717, 1.165) is 45.3 Å². The summed E-state index contributed by atoms with van der Waals surface area (Å²) < 4.78 is 26.4. The summed E-state index contributed by atoms with van der Waals surface area (Å²) in [5.41, 5.74) is 0.583. The predicted molar refractivity (Wildman–Crippen MR) is 69.9 cm³/mol. The summed E-state index contributed by atoms with van der Waals surface area (Å²) in [6.45, 7) is 6.86. The summed E-state index contributed by atoms with van der Waals surface area (Å²) in [5.74, 6) is -0.950. The van der Waals surface area contributed by atoms with Gasteiger partial charge in [0.2, 0.25) is 0 Å². The number of nitrogens with one attached hydrogen (secondary N) is 1. The fourth-order valence-electron chi connectivity index (χ4n) is 2.84. The van der Waals surface area contributed by atoms with Crippen LogP contribution in [0.4, 0.5) is 8.78 Å². The Kier molecular flexibility index (Phi) is 3.77. The van der Waals surface area contributed by atoms with Crippen molar-refractivity contribution in [1.29, 1.82) is 0 Å². The molecule has 0 aromatic heterocycles. The van der Waals surface area contributed by atoms with E-state index in [1.807, 2.05) is 0 Å². The number of nitrogens with zero attached hydrogens (tertiary/aromatic N) is 2. The summed E-state index contributed by atoms with van der Waals surface area (Å²) in [5, 5.41) is 3.34. The second kappa shape index (κ2) is 5.53. The molecule has 0 unspecified atom stereocenters. The van der Waals surface area contributed by atoms with Crippen LogP contribution in [0.15, 0.2) is 18.2 Å². The predicted octanol–water partition coefficient (Wildman–Crippen LogP) is 1.05. The third-order valence-electron chi connectivity index (χ3n) is 4.01. The fraction of sp³-hybridized carbons (Fsp3) is 0.571. The van der Waals surface area contributed by atoms with Gasteiger partial charge in [-0.3, -0.25) is 9.80 Å². The maximum Gasteiger partial charge on any atom is 0.130 e. The van der Waals surface area contributed by atoms with Gasteiger partial charge in [-0.25, -0.2) is 8.78 Å². The Morgan fingerprint density at radius 1 is 1.16 bits per heavy atom. The quantitative estimate of drug-likeness (QED) is 0.883. The molecule has 0 spiro atoms. The summed E-state index contributed by atoms with van der Waals surface area (Å²) in [7, 11) is 0. The molecule has 2 aliphatic heterocycles. The Morgan fingerprint density at radius 3 is 2.58 bits per heavy atom. The molecular formula is C14H19F2N3. The number of benzene rings is 1. The molecule has 1 aromatic carbocycles. The van der Waals surface area contributed by atoms with Crippen LogP contribution in [0, 0.1) is 11.6 Å². The number of halogens is 2. The summed E-state index contributed by atoms with van der Waals surface area (Å²) >= 11 is 0. The van der Waals surface area contributed by atoms with E-state index in [2.05, 4.69) is 15.1 Å². The van der Waals surface area contributed by atoms with Crippen molar-refractivity contribution in [1.82, 2.24) is 15.1 Å². The average molecular weight is 267 g/mol. The van der Waals surface area contributed by atoms with Gasteiger partial charge in [0.15, 0.2) is 0 Å². The molecule has 5 heteroatoms. The Hall–Kier alpha value is -1.04. The molecule has 2 aliphatic rings. The highest BCUT2D eigenvalue weighted by atomic mass is 19.1. The van der Waals surface area contributed by atoms with Crippen molar-refractivity contribution >= 4 is 0 Å². The highest BCUT2D eigenvalue weighted by molar-refractivity contribution is 5.19. The minimum absolute atomic E-state index is 0.439. The third kappa shape index (κ3) is 2.94. The Labute approximate surface area is 112 Å². The van der Waals surface area contributed by atoms with Crippen LogP contribution in [0.25, 0.3) is 0 Å². The number of hydrogen-bond acceptors (Lipinski definition) is 3. The molecule has 0 atom stereocenters. The van der Waals surface area contributed by atoms with Gasteiger partial charge < -0.3 is 5.32 Å². The molecule has 0 radical (unpaired) electrons. The van der Waals surface area contributed by atoms with Crippen molar-refractivity contribution in [2.75, 3.05) is 39.3 Å². The van der Waals surface area contributed by atoms with Crippen molar-refractivity contribution in [3.05, 3.63) is 35.4 Å². The van der Waals surface area contributed by atoms with Crippen molar-refractivity contribution in [3.8, 4) is 0 Å². The smallest absolute Gasteiger partial charge is 0.130 e. The van der Waals surface area contributed by atoms with Gasteiger partial charge in [0.1, 0.15) is 11.6 Å². The van der Waals surface area contributed by atoms with Crippen LogP contribution in [0.3, 0.4) is 0 Å². The number of hydrogen-bond donors (Lipinski definition) is 1. The van der Waals surface area contributed by atoms with Gasteiger partial charge in [-0.15, -0.1) is 0 Å². The maximum absolute atomic E-state index is 13.5. The van der Waals surface area contributed by atoms with Gasteiger partial charge in [0, 0.05) is 63.5 Å². The van der Waals surface area contributed by atoms with Crippen LogP contribution in [0.5, 0.6) is 0 Å². The molecule has 1 aromatic rings. The molecule has 3 nitrogen and oxygen atoms in total. The minimum Gasteiger partial charge on any atom is -0.314 e. The van der Waals surface area contributed by atoms with Gasteiger partial charge >= 0.3 is 0 Å². The van der Waals surface area contributed by atoms with Crippen LogP contribution in [0.2, 0.25) is 0 Å². The van der Waals surface area contributed by atoms with Gasteiger partial charge in [-0.1, -0.05) is 6.07 Å². The molecule has 19 heavy (non-hydrogen) atoms. The van der Waals surface area contributed by atoms with Crippen LogP contribution < -0.4 is 5.32 Å². The number of piperazine rings is 1. The van der Waals surface area contributed by atoms with Crippen LogP contribution in [-0.4, -0.2) is 55.1 Å². The lowest BCUT2D eigenvalue weighted by molar-refractivity contribution is 0.0217. The van der Waals surface area contributed by atoms with Gasteiger partial charge in [0.05, 0.1) is 0 Å². The van der Waals surface area contributed by atoms with E-state index in [1.165, 1.54) is 6.07 Å². The second-order valence-electron chi connectivity index (χ2n) is 5.37. The first-order valence-electron chi connectivity index (χ1n) is 6.83. The standard InChI is InChI=1S/C14H19F2N3/c15-12-2-1-11(14(16)7-12)8-18-9-13(10-18)19-5-3-17-4-6-19/h1-2,7,13,17H,3-6,8-10H2. The molecule has 104 valence electrons. The zero-order valence-electron chi connectivity index (χ0n) is 10.9. The summed E-state index contributed by atoms with van der Waals surface area (Å²) in [4.78, 5) is 4.71. The van der Waals surface area contributed by atoms with E-state index in [-0.39, 0.29) is 0 Å². The molecule has 2 fully saturated rings. The number of likely N-dealkylation sites (tertiary alicyclic amines) is 1. The van der Waals surface area contributed by atoms with Crippen LogP contribution in [0.1, 0.15) is 5.56 Å². The molecule has 0 bridgehead atoms. The molecule has 3 rings (SSSR count). The molecule has 1 N–H and O–H groups in total. The minimum atomic E-state index is -0.511. The zero-order chi connectivity index (χ0) is 13.2. The van der Waals surface area contributed by atoms with Crippen molar-refractivity contribution in [2.45, 2.75) is 12.6 Å². The average Bonchev–Trinajstić information content (AvgIpc) is 2.36. The molecule has 2 saturated heterocycles. The zero-order valence-corrected chi connectivity index (χ0v) is 10.9. The highest BCUT2D eigenvalue weighted by Crippen LogP contribution is 2.20. The first kappa shape index (κ1) is 13.0. The second-order valence-corrected chi connectivity index (χ2v) is 5.37. The summed E-state index contributed by atoms with van der Waals surface area (Å²) in [6.07, 6.45) is 0. The molecule has 0 amide bonds. The molecule has 0 saturated carbocycles. The first-order chi connectivity index (χ1) is 9.22. The lowest BCUT2D eigenvalue weighted by Crippen LogP contribution is -2.62. The van der Waals surface area contributed by atoms with E-state index in [9.17, 15) is 8.78 Å². The van der Waals surface area contributed by atoms with E-state index < -0.39 is 11.6 Å². The van der Waals surface area contributed by atoms with Gasteiger partial charge in [0.25, 0.3) is 0 Å². The summed E-state index contributed by atoms with van der Waals surface area (Å²) in [6, 6.07) is 4.43. The largest absolute Gasteiger partial charge is 0.314 e. The van der Waals surface area contributed by atoms with E-state index in [1.54, 1.807) is 6.07 Å². The maximum atomic E-state index is 13.5. The van der Waals surface area contributed by atoms with Crippen molar-refractivity contribution < 1.29 is 8.78 Å². The lowest BCUT2D eigenvalue weighted by atomic mass is 10.0. The van der Waals surface area contributed by atoms with Crippen molar-refractivity contribution in [3.63, 3.8) is 0 Å². The number of rotatable bonds is 3. The SMILES string of the molecule is Fc1ccc(CN2CC(N3CCNCC3)C2)c(F)c1. The van der Waals surface area contributed by atoms with Crippen LogP contribution in [-0.2, 0) is 6.54 Å². The fourth-order valence-corrected chi connectivity index (χ4v) is 2.84. The Morgan fingerprint density at radius 2 is 1.89 bits per heavy atom. The van der Waals surface area contributed by atoms with Crippen LogP contribution >= 0.6 is 0 Å². The van der Waals surface area contributed by atoms with Gasteiger partial charge in [-0.05, 0) is 6.07 Å². The van der Waals surface area contributed by atoms with E-state index in [4.69, 9.17) is 0 Å². The molecular weight excluding hydrogens is 248 g/mol. The van der Waals surface area contributed by atoms with Gasteiger partial charge in [-0.2, -0.15) is 0 Å². The highest BCUT2D eigenvalue weighted by Gasteiger charge is 2.32. The van der Waals surface area contributed by atoms with Crippen molar-refractivity contribution in [2.24, 2.45) is 0 Å². The van der Waals surface area contributed by atoms with E-state index in [0.29, 0.717) is 18.2 Å². The Balaban J connectivity index is 1.50. The lowest BCUT2D eigenvalue weighted by Gasteiger charge is -2.46. The molecule has 2 heterocycles. The Bertz CT molecular complexity index is 440. The third-order valence-corrected chi connectivity index (χ3v) is 4.01. The topological polar surface area (TPSA) is 18.5 Å².